The molecule has 1 rings (SSSR count). The third-order valence-electron chi connectivity index (χ3n) is 2.05. The molecule has 1 aliphatic carbocycles. The van der Waals surface area contributed by atoms with Crippen LogP contribution in [0.2, 0.25) is 0 Å². The molecule has 0 fully saturated rings. The number of hydrogen-bond acceptors (Lipinski definition) is 1. The van der Waals surface area contributed by atoms with Gasteiger partial charge in [0.2, 0.25) is 0 Å². The first-order valence-electron chi connectivity index (χ1n) is 4.77. The normalized spacial score (nSPS) is 14.7. The average Bonchev–Trinajstić information content (AvgIpc) is 2.60. The molecule has 3 heteroatoms. The van der Waals surface area contributed by atoms with Crippen LogP contribution in [0.25, 0.3) is 5.73 Å². The van der Waals surface area contributed by atoms with E-state index in [2.05, 4.69) is 13.0 Å². The van der Waals surface area contributed by atoms with E-state index in [-0.39, 0.29) is 58.2 Å². The predicted octanol–water partition coefficient (Wildman–Crippen LogP) is 1.10. The van der Waals surface area contributed by atoms with Crippen LogP contribution in [-0.2, 0) is 0 Å². The molecule has 0 aromatic carbocycles. The molecule has 0 aromatic heterocycles. The van der Waals surface area contributed by atoms with Gasteiger partial charge in [-0.2, -0.15) is 6.20 Å². The van der Waals surface area contributed by atoms with Gasteiger partial charge in [-0.05, 0) is 32.6 Å². The van der Waals surface area contributed by atoms with Crippen LogP contribution < -0.4 is 58.2 Å². The maximum absolute atomic E-state index is 6.65. The first kappa shape index (κ1) is 17.2. The largest absolute Gasteiger partial charge is 1.00 e. The molecular weight excluding hydrogens is 246 g/mol. The Morgan fingerprint density at radius 3 is 2.36 bits per heavy atom. The molecule has 74 valence electrons. The van der Waals surface area contributed by atoms with E-state index in [9.17, 15) is 0 Å². The molecule has 0 saturated carbocycles. The van der Waals surface area contributed by atoms with Crippen molar-refractivity contribution in [2.24, 2.45) is 0 Å². The second-order valence-electron chi connectivity index (χ2n) is 3.16. The Kier molecular flexibility index (Phi) is 14.5. The number of nitrogens with one attached hydrogen (secondary N) is 2. The Bertz CT molecular complexity index is 207. The Morgan fingerprint density at radius 1 is 1.64 bits per heavy atom. The maximum atomic E-state index is 6.65. The minimum atomic E-state index is 0. The molecule has 0 atom stereocenters. The minimum Gasteiger partial charge on any atom is -0.705 e. The van der Waals surface area contributed by atoms with E-state index in [4.69, 9.17) is 11.1 Å². The van der Waals surface area contributed by atoms with Crippen molar-refractivity contribution >= 4 is 6.21 Å². The van der Waals surface area contributed by atoms with Crippen LogP contribution in [0.4, 0.5) is 0 Å². The van der Waals surface area contributed by atoms with Crippen molar-refractivity contribution in [2.45, 2.75) is 39.5 Å². The van der Waals surface area contributed by atoms with Gasteiger partial charge in [-0.1, -0.05) is 24.1 Å². The molecule has 0 unspecified atom stereocenters. The van der Waals surface area contributed by atoms with Gasteiger partial charge in [-0.15, -0.1) is 0 Å². The fourth-order valence-corrected chi connectivity index (χ4v) is 1.08. The number of hydrogen-bond donors (Lipinski definition) is 1. The van der Waals surface area contributed by atoms with Crippen LogP contribution >= 0.6 is 0 Å². The van der Waals surface area contributed by atoms with E-state index in [0.717, 1.165) is 12.0 Å². The third-order valence-corrected chi connectivity index (χ3v) is 2.05. The van der Waals surface area contributed by atoms with E-state index in [1.807, 2.05) is 6.92 Å². The van der Waals surface area contributed by atoms with E-state index >= 15 is 0 Å². The van der Waals surface area contributed by atoms with Crippen molar-refractivity contribution in [2.75, 3.05) is 0 Å². The second-order valence-corrected chi connectivity index (χ2v) is 3.16. The van der Waals surface area contributed by atoms with Gasteiger partial charge < -0.3 is 11.1 Å². The van der Waals surface area contributed by atoms with Crippen molar-refractivity contribution < 1.29 is 58.2 Å². The molecule has 0 bridgehead atoms. The van der Waals surface area contributed by atoms with Crippen molar-refractivity contribution in [1.82, 2.24) is 0 Å². The number of rotatable bonds is 2. The molecule has 0 saturated heterocycles. The summed E-state index contributed by atoms with van der Waals surface area (Å²) in [5, 5.41) is 6.65. The molecular formula is C11H19N2Rb. The van der Waals surface area contributed by atoms with Gasteiger partial charge in [0.1, 0.15) is 0 Å². The fraction of sp³-hybridized carbons (Fsp3) is 0.545. The summed E-state index contributed by atoms with van der Waals surface area (Å²) in [6.07, 6.45) is 9.57. The fourth-order valence-electron chi connectivity index (χ4n) is 1.08. The SMILES string of the molecule is CC/C(C=N)=C/[NH-].CC1=CCCC1.[Rb+]. The van der Waals surface area contributed by atoms with Crippen LogP contribution in [0.15, 0.2) is 23.4 Å². The van der Waals surface area contributed by atoms with E-state index in [1.54, 1.807) is 5.57 Å². The Morgan fingerprint density at radius 2 is 2.29 bits per heavy atom. The summed E-state index contributed by atoms with van der Waals surface area (Å²) >= 11 is 0. The summed E-state index contributed by atoms with van der Waals surface area (Å²) in [5.74, 6) is 0. The van der Waals surface area contributed by atoms with E-state index in [1.165, 1.54) is 31.7 Å². The van der Waals surface area contributed by atoms with Gasteiger partial charge in [0.15, 0.2) is 0 Å². The Balaban J connectivity index is 0. The van der Waals surface area contributed by atoms with E-state index in [0.29, 0.717) is 0 Å². The molecule has 0 spiro atoms. The molecule has 2 nitrogen and oxygen atoms in total. The summed E-state index contributed by atoms with van der Waals surface area (Å²) in [6, 6.07) is 0. The van der Waals surface area contributed by atoms with Crippen LogP contribution in [0.1, 0.15) is 39.5 Å². The number of allylic oxidation sites excluding steroid dienone is 3. The van der Waals surface area contributed by atoms with Gasteiger partial charge >= 0.3 is 58.2 Å². The first-order chi connectivity index (χ1) is 6.24. The van der Waals surface area contributed by atoms with Crippen LogP contribution in [0, 0.1) is 5.41 Å². The van der Waals surface area contributed by atoms with Gasteiger partial charge in [-0.3, -0.25) is 0 Å². The zero-order valence-corrected chi connectivity index (χ0v) is 14.5. The summed E-state index contributed by atoms with van der Waals surface area (Å²) in [6.45, 7) is 4.12. The zero-order chi connectivity index (χ0) is 10.1. The molecule has 1 aliphatic rings. The summed E-state index contributed by atoms with van der Waals surface area (Å²) in [5.41, 5.74) is 8.99. The quantitative estimate of drug-likeness (QED) is 0.574. The summed E-state index contributed by atoms with van der Waals surface area (Å²) < 4.78 is 0. The van der Waals surface area contributed by atoms with Crippen molar-refractivity contribution in [1.29, 1.82) is 5.41 Å². The molecule has 0 radical (unpaired) electrons. The van der Waals surface area contributed by atoms with E-state index < -0.39 is 0 Å². The third kappa shape index (κ3) is 9.32. The van der Waals surface area contributed by atoms with Gasteiger partial charge in [0.05, 0.1) is 0 Å². The van der Waals surface area contributed by atoms with Crippen LogP contribution in [0.5, 0.6) is 0 Å². The summed E-state index contributed by atoms with van der Waals surface area (Å²) in [4.78, 5) is 0. The van der Waals surface area contributed by atoms with Crippen molar-refractivity contribution in [3.05, 3.63) is 29.2 Å². The molecule has 0 heterocycles. The second kappa shape index (κ2) is 11.8. The van der Waals surface area contributed by atoms with Crippen LogP contribution in [0.3, 0.4) is 0 Å². The predicted molar refractivity (Wildman–Crippen MR) is 59.1 cm³/mol. The smallest absolute Gasteiger partial charge is 0.705 e. The van der Waals surface area contributed by atoms with Gasteiger partial charge in [0, 0.05) is 6.21 Å². The average molecular weight is 265 g/mol. The van der Waals surface area contributed by atoms with Crippen LogP contribution in [-0.4, -0.2) is 6.21 Å². The molecule has 0 aromatic rings. The van der Waals surface area contributed by atoms with Crippen molar-refractivity contribution in [3.63, 3.8) is 0 Å². The Labute approximate surface area is 136 Å². The summed E-state index contributed by atoms with van der Waals surface area (Å²) in [7, 11) is 0. The maximum Gasteiger partial charge on any atom is 1.00 e. The van der Waals surface area contributed by atoms with Crippen molar-refractivity contribution in [3.8, 4) is 0 Å². The minimum absolute atomic E-state index is 0. The first-order valence-corrected chi connectivity index (χ1v) is 4.77. The zero-order valence-electron chi connectivity index (χ0n) is 9.56. The molecule has 0 amide bonds. The monoisotopic (exact) mass is 264 g/mol. The molecule has 2 N–H and O–H groups in total. The molecule has 14 heavy (non-hydrogen) atoms. The van der Waals surface area contributed by atoms with Gasteiger partial charge in [-0.25, -0.2) is 0 Å². The van der Waals surface area contributed by atoms with Gasteiger partial charge in [0.25, 0.3) is 0 Å². The molecule has 0 aliphatic heterocycles. The standard InChI is InChI=1S/C6H10.C5H9N2.Rb/c1-6-4-2-3-5-6;1-2-5(3-6)4-7;/h4H,2-3,5H2,1H3;3-4,6-7H,2H2,1H3;/q;-1;+1/b;5-3-,7-4?;. The topological polar surface area (TPSA) is 47.7 Å². The Hall–Kier alpha value is 0.755.